The molecule has 4 N–H and O–H groups in total. The van der Waals surface area contributed by atoms with Crippen LogP contribution < -0.4 is 25.0 Å². The molecule has 3 heterocycles. The topological polar surface area (TPSA) is 169 Å². The maximum atomic E-state index is 14.1. The zero-order valence-corrected chi connectivity index (χ0v) is 29.6. The van der Waals surface area contributed by atoms with E-state index in [1.807, 2.05) is 0 Å². The van der Waals surface area contributed by atoms with Crippen LogP contribution in [0.15, 0.2) is 81.4 Å². The Bertz CT molecular complexity index is 2330. The third-order valence-electron chi connectivity index (χ3n) is 10.3. The van der Waals surface area contributed by atoms with Gasteiger partial charge in [-0.25, -0.2) is 13.6 Å². The van der Waals surface area contributed by atoms with Gasteiger partial charge in [0.15, 0.2) is 6.61 Å². The average Bonchev–Trinajstić information content (AvgIpc) is 3.82. The van der Waals surface area contributed by atoms with Crippen molar-refractivity contribution < 1.29 is 40.7 Å². The molecule has 0 spiro atoms. The van der Waals surface area contributed by atoms with Crippen LogP contribution in [-0.4, -0.2) is 43.0 Å². The monoisotopic (exact) mass is 790 g/mol. The van der Waals surface area contributed by atoms with Crippen LogP contribution in [0.25, 0.3) is 0 Å². The third-order valence-corrected chi connectivity index (χ3v) is 14.0. The number of halogens is 4. The van der Waals surface area contributed by atoms with Gasteiger partial charge in [0.25, 0.3) is 5.91 Å². The highest BCUT2D eigenvalue weighted by molar-refractivity contribution is 8.00. The summed E-state index contributed by atoms with van der Waals surface area (Å²) in [7, 11) is -3.92. The number of ether oxygens (including phenoxy) is 1. The van der Waals surface area contributed by atoms with Crippen LogP contribution in [-0.2, 0) is 30.6 Å². The number of sulfonamides is 1. The first-order valence-electron chi connectivity index (χ1n) is 15.9. The first-order chi connectivity index (χ1) is 24.6. The van der Waals surface area contributed by atoms with Crippen molar-refractivity contribution in [3.05, 3.63) is 97.4 Å². The van der Waals surface area contributed by atoms with E-state index < -0.39 is 63.8 Å². The van der Waals surface area contributed by atoms with Crippen molar-refractivity contribution in [2.75, 3.05) is 16.8 Å². The van der Waals surface area contributed by atoms with Crippen LogP contribution in [0.5, 0.6) is 5.75 Å². The third kappa shape index (κ3) is 5.82. The molecule has 6 unspecified atom stereocenters. The fraction of sp³-hybridized carbons (Fsp3) is 0.294. The van der Waals surface area contributed by atoms with Gasteiger partial charge in [-0.2, -0.15) is 13.2 Å². The standard InChI is InChI=1S/C34H26ClF3N4O7S3/c35-15-4-9-22(49-13-23(43)40-16-5-7-18(8-6-16)52(39,47)48)19(11-15)24-25-20-12-21(28(25)50-30-29(24)51-33(46)41-30)27-26(20)31(44)42(32(27)45)17-3-1-2-14(10-17)34(36,37)38/h1-11,20-21,24-28H,12-13H2,(H,40,43)(H,41,46)(H2,39,47,48)/t20?,21?,24-,25?,26?,27?,28?/m1/s1. The molecule has 11 nitrogen and oxygen atoms in total. The second-order valence-electron chi connectivity index (χ2n) is 13.1. The van der Waals surface area contributed by atoms with Crippen molar-refractivity contribution >= 4 is 73.8 Å². The smallest absolute Gasteiger partial charge is 0.416 e. The number of carbonyl (C=O) groups is 3. The number of aromatic amines is 1. The second kappa shape index (κ2) is 12.5. The van der Waals surface area contributed by atoms with E-state index in [0.29, 0.717) is 38.3 Å². The number of imide groups is 1. The Hall–Kier alpha value is -4.16. The first-order valence-corrected chi connectivity index (χ1v) is 19.5. The Labute approximate surface area is 306 Å². The van der Waals surface area contributed by atoms with Gasteiger partial charge in [0.1, 0.15) is 5.75 Å². The largest absolute Gasteiger partial charge is 0.483 e. The van der Waals surface area contributed by atoms with Gasteiger partial charge < -0.3 is 15.0 Å². The van der Waals surface area contributed by atoms with Crippen LogP contribution in [0.2, 0.25) is 5.02 Å². The summed E-state index contributed by atoms with van der Waals surface area (Å²) < 4.78 is 69.9. The number of thioether (sulfide) groups is 1. The summed E-state index contributed by atoms with van der Waals surface area (Å²) >= 11 is 8.97. The maximum Gasteiger partial charge on any atom is 0.416 e. The molecule has 1 saturated heterocycles. The van der Waals surface area contributed by atoms with Crippen molar-refractivity contribution in [3.8, 4) is 5.75 Å². The summed E-state index contributed by atoms with van der Waals surface area (Å²) in [5.74, 6) is -4.32. The van der Waals surface area contributed by atoms with E-state index >= 15 is 0 Å². The van der Waals surface area contributed by atoms with E-state index in [4.69, 9.17) is 21.5 Å². The number of carbonyl (C=O) groups excluding carboxylic acids is 3. The van der Waals surface area contributed by atoms with Crippen LogP contribution in [0.4, 0.5) is 24.5 Å². The van der Waals surface area contributed by atoms with E-state index in [1.54, 1.807) is 18.2 Å². The molecule has 3 fully saturated rings. The molecule has 2 bridgehead atoms. The number of nitrogens with two attached hydrogens (primary N) is 1. The molecular formula is C34H26ClF3N4O7S3. The Kier molecular flexibility index (Phi) is 8.37. The first kappa shape index (κ1) is 34.9. The molecule has 4 aromatic rings. The number of aromatic nitrogens is 1. The van der Waals surface area contributed by atoms with Crippen molar-refractivity contribution in [1.82, 2.24) is 4.98 Å². The average molecular weight is 791 g/mol. The minimum atomic E-state index is -4.66. The normalized spacial score (nSPS) is 26.2. The number of nitrogens with zero attached hydrogens (tertiary/aromatic N) is 1. The second-order valence-corrected chi connectivity index (χ2v) is 17.3. The molecule has 4 aliphatic rings. The van der Waals surface area contributed by atoms with Crippen LogP contribution in [0, 0.1) is 29.6 Å². The number of fused-ring (bicyclic) bond motifs is 9. The molecule has 2 saturated carbocycles. The van der Waals surface area contributed by atoms with Crippen LogP contribution in [0.1, 0.15) is 28.3 Å². The van der Waals surface area contributed by atoms with Gasteiger partial charge >= 0.3 is 11.0 Å². The zero-order chi connectivity index (χ0) is 36.9. The van der Waals surface area contributed by atoms with E-state index in [9.17, 15) is 40.8 Å². The Balaban J connectivity index is 1.11. The summed E-state index contributed by atoms with van der Waals surface area (Å²) in [5, 5.41) is 8.51. The van der Waals surface area contributed by atoms with Gasteiger partial charge in [-0.3, -0.25) is 24.1 Å². The Morgan fingerprint density at radius 1 is 1.02 bits per heavy atom. The van der Waals surface area contributed by atoms with Crippen molar-refractivity contribution in [2.24, 2.45) is 34.7 Å². The molecule has 8 rings (SSSR count). The van der Waals surface area contributed by atoms with Crippen molar-refractivity contribution in [3.63, 3.8) is 0 Å². The minimum absolute atomic E-state index is 0.123. The highest BCUT2D eigenvalue weighted by atomic mass is 35.5. The predicted molar refractivity (Wildman–Crippen MR) is 186 cm³/mol. The van der Waals surface area contributed by atoms with Gasteiger partial charge in [-0.1, -0.05) is 29.0 Å². The number of hydrogen-bond donors (Lipinski definition) is 3. The lowest BCUT2D eigenvalue weighted by Gasteiger charge is -2.43. The van der Waals surface area contributed by atoms with Crippen molar-refractivity contribution in [2.45, 2.75) is 33.7 Å². The number of amides is 3. The van der Waals surface area contributed by atoms with Gasteiger partial charge in [-0.05, 0) is 84.8 Å². The quantitative estimate of drug-likeness (QED) is 0.208. The molecule has 18 heteroatoms. The molecule has 7 atom stereocenters. The van der Waals surface area contributed by atoms with Gasteiger partial charge in [-0.15, -0.1) is 11.8 Å². The highest BCUT2D eigenvalue weighted by Gasteiger charge is 2.70. The molecule has 2 aliphatic carbocycles. The fourth-order valence-corrected chi connectivity index (χ4v) is 12.0. The lowest BCUT2D eigenvalue weighted by Crippen LogP contribution is -2.42. The summed E-state index contributed by atoms with van der Waals surface area (Å²) in [4.78, 5) is 57.7. The summed E-state index contributed by atoms with van der Waals surface area (Å²) in [6, 6.07) is 14.3. The van der Waals surface area contributed by atoms with Crippen LogP contribution in [0.3, 0.4) is 0 Å². The number of primary sulfonamides is 1. The fourth-order valence-electron chi connectivity index (χ4n) is 8.40. The Morgan fingerprint density at radius 3 is 2.42 bits per heavy atom. The number of rotatable bonds is 7. The van der Waals surface area contributed by atoms with Crippen LogP contribution >= 0.6 is 34.7 Å². The lowest BCUT2D eigenvalue weighted by molar-refractivity contribution is -0.137. The van der Waals surface area contributed by atoms with Gasteiger partial charge in [0.05, 0.1) is 33.0 Å². The molecule has 3 aromatic carbocycles. The number of anilines is 2. The SMILES string of the molecule is NS(=O)(=O)c1ccc(NC(=O)COc2ccc(Cl)cc2[C@H]2c3sc(=O)[nH]c3SC3C4CC(C5C(=O)N(c6cccc(C(F)(F)F)c6)C(=O)C45)C32)cc1. The van der Waals surface area contributed by atoms with E-state index in [-0.39, 0.29) is 38.5 Å². The molecule has 2 aliphatic heterocycles. The lowest BCUT2D eigenvalue weighted by atomic mass is 9.68. The minimum Gasteiger partial charge on any atom is -0.483 e. The summed E-state index contributed by atoms with van der Waals surface area (Å²) in [5.41, 5.74) is -0.221. The molecule has 52 heavy (non-hydrogen) atoms. The zero-order valence-electron chi connectivity index (χ0n) is 26.4. The molecule has 1 aromatic heterocycles. The number of thiazole rings is 1. The summed E-state index contributed by atoms with van der Waals surface area (Å²) in [6.07, 6.45) is -4.13. The van der Waals surface area contributed by atoms with Gasteiger partial charge in [0.2, 0.25) is 21.8 Å². The summed E-state index contributed by atoms with van der Waals surface area (Å²) in [6.45, 7) is -0.451. The Morgan fingerprint density at radius 2 is 1.73 bits per heavy atom. The van der Waals surface area contributed by atoms with Gasteiger partial charge in [0, 0.05) is 32.3 Å². The van der Waals surface area contributed by atoms with E-state index in [0.717, 1.165) is 28.4 Å². The maximum absolute atomic E-state index is 14.1. The number of benzene rings is 3. The number of alkyl halides is 3. The molecular weight excluding hydrogens is 765 g/mol. The van der Waals surface area contributed by atoms with E-state index in [2.05, 4.69) is 10.3 Å². The molecule has 0 radical (unpaired) electrons. The molecule has 270 valence electrons. The molecule has 3 amide bonds. The predicted octanol–water partition coefficient (Wildman–Crippen LogP) is 5.45. The number of nitrogens with one attached hydrogen (secondary N) is 2. The highest BCUT2D eigenvalue weighted by Crippen LogP contribution is 2.69. The number of H-pyrrole nitrogens is 1. The van der Waals surface area contributed by atoms with Crippen molar-refractivity contribution in [1.29, 1.82) is 0 Å². The van der Waals surface area contributed by atoms with E-state index in [1.165, 1.54) is 48.2 Å². The number of hydrogen-bond acceptors (Lipinski definition) is 9.